The van der Waals surface area contributed by atoms with Crippen LogP contribution in [0.2, 0.25) is 0 Å². The van der Waals surface area contributed by atoms with Gasteiger partial charge in [0.1, 0.15) is 23.8 Å². The van der Waals surface area contributed by atoms with Gasteiger partial charge in [-0.3, -0.25) is 14.3 Å². The maximum absolute atomic E-state index is 15.0. The fourth-order valence-electron chi connectivity index (χ4n) is 8.57. The Bertz CT molecular complexity index is 1290. The minimum absolute atomic E-state index is 0.00823. The van der Waals surface area contributed by atoms with E-state index in [1.165, 1.54) is 24.9 Å². The summed E-state index contributed by atoms with van der Waals surface area (Å²) in [4.78, 5) is 21.9. The molecule has 1 aromatic carbocycles. The highest BCUT2D eigenvalue weighted by atomic mass is 35.5. The molecule has 0 aromatic heterocycles. The summed E-state index contributed by atoms with van der Waals surface area (Å²) >= 11 is 6.43. The highest BCUT2D eigenvalue weighted by Gasteiger charge is 2.56. The minimum atomic E-state index is -1.42. The third kappa shape index (κ3) is 7.44. The number of β-amino-alcohol motifs (C(OH)–C–C–N with tert-alkyl or cyclic N) is 1. The molecule has 1 unspecified atom stereocenters. The van der Waals surface area contributed by atoms with Gasteiger partial charge in [-0.1, -0.05) is 13.0 Å². The standard InChI is InChI=1S/C35H54ClFN5O6/c1-2-31-41-20-26(36)21-42(31)34(41)39-12-7-24(8-13-39)4-3-17-48-27-6-5-25(28(37)19-27)18-32(46)38-14-9-35(10-15-38)11-16-40(35)22-29(44)33(47)30(45)23-43/h5-6,19,24,26,29-31,33,43-45,47H,2-4,7-18,20-23H2,1H3/q+1/t26?,29?,30-,31?,33+/m1/s1. The average molecular weight is 695 g/mol. The lowest BCUT2D eigenvalue weighted by Gasteiger charge is -2.57. The molecule has 3 atom stereocenters. The molecule has 268 valence electrons. The van der Waals surface area contributed by atoms with E-state index < -0.39 is 30.7 Å². The van der Waals surface area contributed by atoms with E-state index in [0.29, 0.717) is 43.1 Å². The number of likely N-dealkylation sites (tertiary alicyclic amines) is 2. The molecule has 5 heterocycles. The zero-order valence-electron chi connectivity index (χ0n) is 28.2. The first-order chi connectivity index (χ1) is 23.1. The van der Waals surface area contributed by atoms with Gasteiger partial charge in [-0.15, -0.1) is 11.6 Å². The van der Waals surface area contributed by atoms with Crippen LogP contribution in [0.4, 0.5) is 4.39 Å². The summed E-state index contributed by atoms with van der Waals surface area (Å²) < 4.78 is 23.5. The van der Waals surface area contributed by atoms with Crippen molar-refractivity contribution in [2.45, 2.75) is 100 Å². The number of hydrogen-bond donors (Lipinski definition) is 4. The van der Waals surface area contributed by atoms with Crippen LogP contribution in [0.25, 0.3) is 0 Å². The van der Waals surface area contributed by atoms with Crippen molar-refractivity contribution in [3.05, 3.63) is 29.6 Å². The highest BCUT2D eigenvalue weighted by molar-refractivity contribution is 6.21. The lowest BCUT2D eigenvalue weighted by atomic mass is 9.76. The predicted molar refractivity (Wildman–Crippen MR) is 180 cm³/mol. The van der Waals surface area contributed by atoms with Crippen molar-refractivity contribution in [1.82, 2.24) is 19.6 Å². The van der Waals surface area contributed by atoms with Gasteiger partial charge in [0.25, 0.3) is 0 Å². The number of aliphatic hydroxyl groups is 4. The number of halogens is 2. The minimum Gasteiger partial charge on any atom is -0.493 e. The molecule has 0 radical (unpaired) electrons. The molecule has 48 heavy (non-hydrogen) atoms. The number of guanidine groups is 1. The molecule has 5 saturated heterocycles. The number of piperidine rings is 2. The van der Waals surface area contributed by atoms with Crippen LogP contribution in [-0.4, -0.2) is 157 Å². The van der Waals surface area contributed by atoms with Crippen LogP contribution in [0.5, 0.6) is 5.75 Å². The first-order valence-electron chi connectivity index (χ1n) is 18.0. The molecular formula is C35H54ClFN5O6+. The Balaban J connectivity index is 0.890. The predicted octanol–water partition coefficient (Wildman–Crippen LogP) is 1.42. The largest absolute Gasteiger partial charge is 0.493 e. The molecular weight excluding hydrogens is 641 g/mol. The molecule has 5 aliphatic rings. The second-order valence-corrected chi connectivity index (χ2v) is 15.2. The van der Waals surface area contributed by atoms with E-state index in [-0.39, 0.29) is 29.8 Å². The van der Waals surface area contributed by atoms with Crippen molar-refractivity contribution in [2.24, 2.45) is 5.92 Å². The summed E-state index contributed by atoms with van der Waals surface area (Å²) in [5.41, 5.74) is 0.207. The number of fused-ring (bicyclic) bond motifs is 2. The van der Waals surface area contributed by atoms with Crippen molar-refractivity contribution in [3.63, 3.8) is 0 Å². The SMILES string of the molecule is CCC1N2CC(Cl)CN1C2=[N+]1CCC(CCCOc2ccc(CC(=O)N3CCC4(CC3)CCN4CC(O)[C@H](O)[C@H](O)CO)c(F)c2)CC1. The van der Waals surface area contributed by atoms with E-state index in [2.05, 4.69) is 26.2 Å². The van der Waals surface area contributed by atoms with Gasteiger partial charge in [0.2, 0.25) is 5.91 Å². The molecule has 1 spiro atoms. The van der Waals surface area contributed by atoms with Crippen LogP contribution in [0, 0.1) is 11.7 Å². The van der Waals surface area contributed by atoms with Crippen LogP contribution >= 0.6 is 11.6 Å². The lowest BCUT2D eigenvalue weighted by molar-refractivity contribution is -0.557. The second kappa shape index (κ2) is 15.3. The molecule has 0 saturated carbocycles. The Morgan fingerprint density at radius 3 is 2.38 bits per heavy atom. The van der Waals surface area contributed by atoms with Gasteiger partial charge < -0.3 is 30.1 Å². The zero-order chi connectivity index (χ0) is 34.0. The van der Waals surface area contributed by atoms with Crippen LogP contribution in [0.1, 0.15) is 63.9 Å². The number of alkyl halides is 1. The molecule has 2 bridgehead atoms. The van der Waals surface area contributed by atoms with E-state index in [1.807, 2.05) is 0 Å². The smallest absolute Gasteiger partial charge is 0.356 e. The monoisotopic (exact) mass is 694 g/mol. The Hall–Kier alpha value is -2.22. The summed E-state index contributed by atoms with van der Waals surface area (Å²) in [5, 5.41) is 39.3. The fourth-order valence-corrected chi connectivity index (χ4v) is 8.86. The normalized spacial score (nSPS) is 27.4. The lowest BCUT2D eigenvalue weighted by Crippen LogP contribution is -2.76. The third-order valence-corrected chi connectivity index (χ3v) is 11.9. The number of nitrogens with zero attached hydrogens (tertiary/aromatic N) is 5. The second-order valence-electron chi connectivity index (χ2n) is 14.6. The van der Waals surface area contributed by atoms with Gasteiger partial charge in [0, 0.05) is 44.2 Å². The van der Waals surface area contributed by atoms with Gasteiger partial charge in [0.15, 0.2) is 6.17 Å². The van der Waals surface area contributed by atoms with E-state index in [0.717, 1.165) is 71.2 Å². The summed E-state index contributed by atoms with van der Waals surface area (Å²) in [5.74, 6) is 2.00. The van der Waals surface area contributed by atoms with Crippen molar-refractivity contribution >= 4 is 23.5 Å². The molecule has 13 heteroatoms. The molecule has 11 nitrogen and oxygen atoms in total. The van der Waals surface area contributed by atoms with Crippen LogP contribution in [0.15, 0.2) is 18.2 Å². The molecule has 5 fully saturated rings. The van der Waals surface area contributed by atoms with Gasteiger partial charge in [-0.25, -0.2) is 14.2 Å². The van der Waals surface area contributed by atoms with Gasteiger partial charge in [-0.2, -0.15) is 0 Å². The summed E-state index contributed by atoms with van der Waals surface area (Å²) in [6.07, 6.45) is 4.38. The van der Waals surface area contributed by atoms with Crippen molar-refractivity contribution in [1.29, 1.82) is 0 Å². The van der Waals surface area contributed by atoms with Crippen molar-refractivity contribution in [2.75, 3.05) is 65.6 Å². The molecule has 1 aromatic rings. The molecule has 1 amide bonds. The molecule has 0 aliphatic carbocycles. The highest BCUT2D eigenvalue weighted by Crippen LogP contribution is 2.40. The number of carbonyl (C=O) groups is 1. The Morgan fingerprint density at radius 1 is 1.08 bits per heavy atom. The van der Waals surface area contributed by atoms with E-state index in [1.54, 1.807) is 17.0 Å². The Kier molecular flexibility index (Phi) is 11.4. The van der Waals surface area contributed by atoms with Gasteiger partial charge in [-0.05, 0) is 62.5 Å². The number of benzene rings is 1. The summed E-state index contributed by atoms with van der Waals surface area (Å²) in [7, 11) is 0. The van der Waals surface area contributed by atoms with Crippen LogP contribution in [0.3, 0.4) is 0 Å². The maximum Gasteiger partial charge on any atom is 0.356 e. The van der Waals surface area contributed by atoms with Crippen molar-refractivity contribution in [3.8, 4) is 5.75 Å². The van der Waals surface area contributed by atoms with Crippen LogP contribution < -0.4 is 4.74 Å². The molecule has 6 rings (SSSR count). The zero-order valence-corrected chi connectivity index (χ0v) is 29.0. The quantitative estimate of drug-likeness (QED) is 0.138. The third-order valence-electron chi connectivity index (χ3n) is 11.6. The number of amides is 1. The van der Waals surface area contributed by atoms with E-state index in [4.69, 9.17) is 21.4 Å². The van der Waals surface area contributed by atoms with Crippen LogP contribution in [-0.2, 0) is 11.2 Å². The number of carbonyl (C=O) groups excluding carboxylic acids is 1. The Morgan fingerprint density at radius 2 is 1.77 bits per heavy atom. The fraction of sp³-hybridized carbons (Fsp3) is 0.771. The topological polar surface area (TPSA) is 123 Å². The Labute approximate surface area is 288 Å². The van der Waals surface area contributed by atoms with E-state index >= 15 is 4.39 Å². The van der Waals surface area contributed by atoms with E-state index in [9.17, 15) is 20.1 Å². The first kappa shape index (κ1) is 35.6. The summed E-state index contributed by atoms with van der Waals surface area (Å²) in [6.45, 7) is 8.24. The molecule has 5 aliphatic heterocycles. The first-order valence-corrected chi connectivity index (χ1v) is 18.4. The average Bonchev–Trinajstić information content (AvgIpc) is 3.09. The van der Waals surface area contributed by atoms with Crippen molar-refractivity contribution < 1.29 is 38.9 Å². The number of aliphatic hydroxyl groups excluding tert-OH is 4. The number of hydrogen-bond acceptors (Lipinski definition) is 7. The van der Waals surface area contributed by atoms with Gasteiger partial charge in [0.05, 0.1) is 57.3 Å². The maximum atomic E-state index is 15.0. The summed E-state index contributed by atoms with van der Waals surface area (Å²) in [6, 6.07) is 4.79. The number of rotatable bonds is 13. The number of ether oxygens (including phenoxy) is 1. The van der Waals surface area contributed by atoms with Gasteiger partial charge >= 0.3 is 5.96 Å². The molecule has 4 N–H and O–H groups in total.